The first kappa shape index (κ1) is 22.7. The molecule has 1 amide bonds. The first-order chi connectivity index (χ1) is 13.7. The molecule has 1 N–H and O–H groups in total. The lowest BCUT2D eigenvalue weighted by atomic mass is 10.2. The lowest BCUT2D eigenvalue weighted by Crippen LogP contribution is -2.35. The van der Waals surface area contributed by atoms with Gasteiger partial charge in [-0.1, -0.05) is 11.6 Å². The Morgan fingerprint density at radius 3 is 2.38 bits per heavy atom. The molecule has 0 atom stereocenters. The first-order valence-electron chi connectivity index (χ1n) is 8.56. The van der Waals surface area contributed by atoms with Gasteiger partial charge in [-0.2, -0.15) is 4.31 Å². The van der Waals surface area contributed by atoms with Crippen molar-refractivity contribution in [2.24, 2.45) is 0 Å². The minimum absolute atomic E-state index is 0.0321. The Bertz CT molecular complexity index is 992. The molecule has 29 heavy (non-hydrogen) atoms. The summed E-state index contributed by atoms with van der Waals surface area (Å²) in [5, 5.41) is 2.73. The van der Waals surface area contributed by atoms with E-state index in [1.165, 1.54) is 56.6 Å². The fraction of sp³-hybridized carbons (Fsp3) is 0.263. The zero-order valence-electron chi connectivity index (χ0n) is 16.1. The zero-order chi connectivity index (χ0) is 21.6. The van der Waals surface area contributed by atoms with Crippen molar-refractivity contribution >= 4 is 39.2 Å². The highest BCUT2D eigenvalue weighted by atomic mass is 35.5. The smallest absolute Gasteiger partial charge is 0.339 e. The molecule has 0 spiro atoms. The summed E-state index contributed by atoms with van der Waals surface area (Å²) in [5.74, 6) is -0.681. The van der Waals surface area contributed by atoms with Crippen molar-refractivity contribution in [2.75, 3.05) is 32.6 Å². The molecule has 0 bridgehead atoms. The zero-order valence-corrected chi connectivity index (χ0v) is 17.7. The van der Waals surface area contributed by atoms with E-state index in [4.69, 9.17) is 21.1 Å². The van der Waals surface area contributed by atoms with Crippen molar-refractivity contribution in [3.63, 3.8) is 0 Å². The molecule has 0 aromatic heterocycles. The number of ether oxygens (including phenoxy) is 2. The number of rotatable bonds is 8. The Kier molecular flexibility index (Phi) is 7.60. The SMILES string of the molecule is CCOC(=O)c1cc(NC(=O)CN(C)S(=O)(=O)c2ccc(OC)cc2)ccc1Cl. The fourth-order valence-corrected chi connectivity index (χ4v) is 3.71. The molecule has 0 fully saturated rings. The maximum Gasteiger partial charge on any atom is 0.339 e. The number of carbonyl (C=O) groups is 2. The van der Waals surface area contributed by atoms with Gasteiger partial charge < -0.3 is 14.8 Å². The van der Waals surface area contributed by atoms with E-state index in [2.05, 4.69) is 5.32 Å². The van der Waals surface area contributed by atoms with E-state index in [1.54, 1.807) is 6.92 Å². The predicted molar refractivity (Wildman–Crippen MR) is 109 cm³/mol. The molecule has 0 aliphatic rings. The van der Waals surface area contributed by atoms with Gasteiger partial charge in [0.2, 0.25) is 15.9 Å². The third-order valence-corrected chi connectivity index (χ3v) is 6.03. The number of nitrogens with zero attached hydrogens (tertiary/aromatic N) is 1. The van der Waals surface area contributed by atoms with Crippen LogP contribution in [0.4, 0.5) is 5.69 Å². The summed E-state index contributed by atoms with van der Waals surface area (Å²) in [7, 11) is -1.09. The third kappa shape index (κ3) is 5.69. The van der Waals surface area contributed by atoms with Gasteiger partial charge in [0.15, 0.2) is 0 Å². The lowest BCUT2D eigenvalue weighted by Gasteiger charge is -2.17. The van der Waals surface area contributed by atoms with Crippen LogP contribution in [0, 0.1) is 0 Å². The fourth-order valence-electron chi connectivity index (χ4n) is 2.38. The molecule has 0 aliphatic carbocycles. The second-order valence-electron chi connectivity index (χ2n) is 5.90. The van der Waals surface area contributed by atoms with Crippen molar-refractivity contribution in [3.05, 3.63) is 53.1 Å². The van der Waals surface area contributed by atoms with E-state index in [-0.39, 0.29) is 27.8 Å². The van der Waals surface area contributed by atoms with Crippen LogP contribution in [-0.4, -0.2) is 51.9 Å². The minimum Gasteiger partial charge on any atom is -0.497 e. The number of methoxy groups -OCH3 is 1. The van der Waals surface area contributed by atoms with Gasteiger partial charge in [-0.25, -0.2) is 13.2 Å². The van der Waals surface area contributed by atoms with Crippen molar-refractivity contribution in [1.82, 2.24) is 4.31 Å². The number of amides is 1. The molecule has 0 radical (unpaired) electrons. The highest BCUT2D eigenvalue weighted by Crippen LogP contribution is 2.22. The number of carbonyl (C=O) groups excluding carboxylic acids is 2. The highest BCUT2D eigenvalue weighted by Gasteiger charge is 2.23. The molecule has 10 heteroatoms. The first-order valence-corrected chi connectivity index (χ1v) is 10.4. The minimum atomic E-state index is -3.87. The second-order valence-corrected chi connectivity index (χ2v) is 8.35. The van der Waals surface area contributed by atoms with E-state index >= 15 is 0 Å². The average molecular weight is 441 g/mol. The topological polar surface area (TPSA) is 102 Å². The largest absolute Gasteiger partial charge is 0.497 e. The molecule has 0 heterocycles. The summed E-state index contributed by atoms with van der Waals surface area (Å²) in [6, 6.07) is 10.1. The Morgan fingerprint density at radius 1 is 1.14 bits per heavy atom. The summed E-state index contributed by atoms with van der Waals surface area (Å²) >= 11 is 5.99. The van der Waals surface area contributed by atoms with Crippen LogP contribution in [-0.2, 0) is 19.6 Å². The number of benzene rings is 2. The van der Waals surface area contributed by atoms with E-state index in [0.29, 0.717) is 5.75 Å². The normalized spacial score (nSPS) is 11.2. The van der Waals surface area contributed by atoms with Gasteiger partial charge in [-0.3, -0.25) is 4.79 Å². The molecule has 2 aromatic rings. The Morgan fingerprint density at radius 2 is 1.79 bits per heavy atom. The second kappa shape index (κ2) is 9.73. The Hall–Kier alpha value is -2.62. The van der Waals surface area contributed by atoms with Gasteiger partial charge in [0, 0.05) is 12.7 Å². The highest BCUT2D eigenvalue weighted by molar-refractivity contribution is 7.89. The monoisotopic (exact) mass is 440 g/mol. The van der Waals surface area contributed by atoms with Crippen LogP contribution in [0.15, 0.2) is 47.4 Å². The van der Waals surface area contributed by atoms with Gasteiger partial charge in [0.1, 0.15) is 5.75 Å². The lowest BCUT2D eigenvalue weighted by molar-refractivity contribution is -0.116. The number of hydrogen-bond acceptors (Lipinski definition) is 6. The van der Waals surface area contributed by atoms with Crippen molar-refractivity contribution in [1.29, 1.82) is 0 Å². The number of esters is 1. The van der Waals surface area contributed by atoms with Gasteiger partial charge in [-0.05, 0) is 49.4 Å². The molecule has 0 unspecified atom stereocenters. The van der Waals surface area contributed by atoms with Gasteiger partial charge in [-0.15, -0.1) is 0 Å². The average Bonchev–Trinajstić information content (AvgIpc) is 2.69. The van der Waals surface area contributed by atoms with Crippen LogP contribution in [0.1, 0.15) is 17.3 Å². The number of hydrogen-bond donors (Lipinski definition) is 1. The molecule has 2 aromatic carbocycles. The molecule has 8 nitrogen and oxygen atoms in total. The van der Waals surface area contributed by atoms with E-state index < -0.39 is 28.4 Å². The van der Waals surface area contributed by atoms with Crippen LogP contribution in [0.5, 0.6) is 5.75 Å². The number of likely N-dealkylation sites (N-methyl/N-ethyl adjacent to an activating group) is 1. The van der Waals surface area contributed by atoms with Crippen molar-refractivity contribution in [3.8, 4) is 5.75 Å². The summed E-state index contributed by atoms with van der Waals surface area (Å²) in [6.07, 6.45) is 0. The van der Waals surface area contributed by atoms with Crippen LogP contribution in [0.3, 0.4) is 0 Å². The van der Waals surface area contributed by atoms with E-state index in [0.717, 1.165) is 4.31 Å². The van der Waals surface area contributed by atoms with Crippen LogP contribution in [0.2, 0.25) is 5.02 Å². The molecule has 0 aliphatic heterocycles. The molecule has 0 saturated carbocycles. The van der Waals surface area contributed by atoms with E-state index in [1.807, 2.05) is 0 Å². The van der Waals surface area contributed by atoms with Gasteiger partial charge in [0.25, 0.3) is 0 Å². The standard InChI is InChI=1S/C19H21ClN2O6S/c1-4-28-19(24)16-11-13(5-10-17(16)20)21-18(23)12-22(2)29(25,26)15-8-6-14(27-3)7-9-15/h5-11H,4,12H2,1-3H3,(H,21,23). The molecule has 156 valence electrons. The molecule has 0 saturated heterocycles. The maximum absolute atomic E-state index is 12.6. The predicted octanol–water partition coefficient (Wildman–Crippen LogP) is 2.78. The van der Waals surface area contributed by atoms with Crippen LogP contribution < -0.4 is 10.1 Å². The number of nitrogens with one attached hydrogen (secondary N) is 1. The third-order valence-electron chi connectivity index (χ3n) is 3.88. The Balaban J connectivity index is 2.09. The quantitative estimate of drug-likeness (QED) is 0.633. The summed E-state index contributed by atoms with van der Waals surface area (Å²) in [6.45, 7) is 1.42. The van der Waals surface area contributed by atoms with Crippen molar-refractivity contribution < 1.29 is 27.5 Å². The van der Waals surface area contributed by atoms with Crippen LogP contribution >= 0.6 is 11.6 Å². The molecular weight excluding hydrogens is 420 g/mol. The summed E-state index contributed by atoms with van der Waals surface area (Å²) < 4.78 is 36.1. The van der Waals surface area contributed by atoms with Crippen molar-refractivity contribution in [2.45, 2.75) is 11.8 Å². The maximum atomic E-state index is 12.6. The summed E-state index contributed by atoms with van der Waals surface area (Å²) in [4.78, 5) is 24.2. The number of halogens is 1. The van der Waals surface area contributed by atoms with E-state index in [9.17, 15) is 18.0 Å². The van der Waals surface area contributed by atoms with Gasteiger partial charge >= 0.3 is 5.97 Å². The Labute approximate surface area is 174 Å². The molecule has 2 rings (SSSR count). The number of sulfonamides is 1. The summed E-state index contributed by atoms with van der Waals surface area (Å²) in [5.41, 5.74) is 0.392. The molecular formula is C19H21ClN2O6S. The van der Waals surface area contributed by atoms with Gasteiger partial charge in [0.05, 0.1) is 35.7 Å². The number of anilines is 1. The van der Waals surface area contributed by atoms with Crippen LogP contribution in [0.25, 0.3) is 0 Å².